The summed E-state index contributed by atoms with van der Waals surface area (Å²) in [5.74, 6) is -0.509. The fraction of sp³-hybridized carbons (Fsp3) is 0.550. The number of amides is 4. The number of carbonyl (C=O) groups excluding carboxylic acids is 3. The van der Waals surface area contributed by atoms with Gasteiger partial charge in [0.25, 0.3) is 5.91 Å². The van der Waals surface area contributed by atoms with Crippen molar-refractivity contribution in [1.82, 2.24) is 20.9 Å². The van der Waals surface area contributed by atoms with Crippen LogP contribution in [-0.4, -0.2) is 54.5 Å². The third-order valence-electron chi connectivity index (χ3n) is 5.56. The van der Waals surface area contributed by atoms with Gasteiger partial charge in [-0.3, -0.25) is 14.5 Å². The molecule has 4 amide bonds. The summed E-state index contributed by atoms with van der Waals surface area (Å²) in [6.07, 6.45) is 2.90. The normalized spacial score (nSPS) is 23.4. The number of aryl methyl sites for hydroxylation is 1. The molecule has 0 aliphatic carbocycles. The lowest BCUT2D eigenvalue weighted by atomic mass is 9.74. The number of hydrogen-bond acceptors (Lipinski definition) is 4. The van der Waals surface area contributed by atoms with Crippen molar-refractivity contribution in [3.05, 3.63) is 35.9 Å². The van der Waals surface area contributed by atoms with Crippen molar-refractivity contribution >= 4 is 17.8 Å². The van der Waals surface area contributed by atoms with E-state index < -0.39 is 11.6 Å². The van der Waals surface area contributed by atoms with Crippen molar-refractivity contribution in [2.45, 2.75) is 38.1 Å². The molecule has 0 radical (unpaired) electrons. The molecule has 1 aromatic carbocycles. The SMILES string of the molecule is CCNC(=O)CN1C(=O)N[C@](CCc2ccccc2)(C2CCNCC2)C1=O. The van der Waals surface area contributed by atoms with Crippen LogP contribution in [0.3, 0.4) is 0 Å². The average molecular weight is 372 g/mol. The predicted molar refractivity (Wildman–Crippen MR) is 102 cm³/mol. The van der Waals surface area contributed by atoms with E-state index in [9.17, 15) is 14.4 Å². The quantitative estimate of drug-likeness (QED) is 0.624. The molecular weight excluding hydrogens is 344 g/mol. The van der Waals surface area contributed by atoms with Gasteiger partial charge in [0.2, 0.25) is 5.91 Å². The van der Waals surface area contributed by atoms with E-state index in [0.717, 1.165) is 36.4 Å². The van der Waals surface area contributed by atoms with Gasteiger partial charge in [0, 0.05) is 6.54 Å². The van der Waals surface area contributed by atoms with Gasteiger partial charge in [-0.2, -0.15) is 0 Å². The van der Waals surface area contributed by atoms with Gasteiger partial charge < -0.3 is 16.0 Å². The summed E-state index contributed by atoms with van der Waals surface area (Å²) in [6, 6.07) is 9.51. The highest BCUT2D eigenvalue weighted by molar-refractivity contribution is 6.09. The summed E-state index contributed by atoms with van der Waals surface area (Å²) in [4.78, 5) is 39.0. The average Bonchev–Trinajstić information content (AvgIpc) is 2.93. The zero-order valence-corrected chi connectivity index (χ0v) is 15.8. The third-order valence-corrected chi connectivity index (χ3v) is 5.56. The monoisotopic (exact) mass is 372 g/mol. The van der Waals surface area contributed by atoms with Crippen LogP contribution < -0.4 is 16.0 Å². The number of nitrogens with zero attached hydrogens (tertiary/aromatic N) is 1. The number of piperidine rings is 1. The highest BCUT2D eigenvalue weighted by Crippen LogP contribution is 2.35. The molecule has 7 heteroatoms. The minimum atomic E-state index is -0.929. The second-order valence-electron chi connectivity index (χ2n) is 7.26. The first kappa shape index (κ1) is 19.4. The van der Waals surface area contributed by atoms with E-state index in [4.69, 9.17) is 0 Å². The van der Waals surface area contributed by atoms with Crippen molar-refractivity contribution in [3.8, 4) is 0 Å². The molecule has 0 saturated carbocycles. The van der Waals surface area contributed by atoms with Crippen LogP contribution in [0, 0.1) is 5.92 Å². The van der Waals surface area contributed by atoms with Crippen LogP contribution in [0.15, 0.2) is 30.3 Å². The molecule has 2 saturated heterocycles. The maximum absolute atomic E-state index is 13.3. The Morgan fingerprint density at radius 1 is 1.22 bits per heavy atom. The van der Waals surface area contributed by atoms with E-state index in [1.54, 1.807) is 0 Å². The molecule has 0 bridgehead atoms. The fourth-order valence-corrected chi connectivity index (χ4v) is 4.14. The first-order valence-corrected chi connectivity index (χ1v) is 9.72. The number of benzene rings is 1. The Kier molecular flexibility index (Phi) is 6.11. The highest BCUT2D eigenvalue weighted by Gasteiger charge is 2.55. The number of carbonyl (C=O) groups is 3. The van der Waals surface area contributed by atoms with Crippen molar-refractivity contribution in [1.29, 1.82) is 0 Å². The van der Waals surface area contributed by atoms with E-state index in [0.29, 0.717) is 19.4 Å². The summed E-state index contributed by atoms with van der Waals surface area (Å²) in [5, 5.41) is 8.95. The number of urea groups is 1. The topological polar surface area (TPSA) is 90.5 Å². The Labute approximate surface area is 159 Å². The van der Waals surface area contributed by atoms with E-state index >= 15 is 0 Å². The molecular formula is C20H28N4O3. The molecule has 1 atom stereocenters. The van der Waals surface area contributed by atoms with E-state index in [1.807, 2.05) is 37.3 Å². The predicted octanol–water partition coefficient (Wildman–Crippen LogP) is 1.05. The van der Waals surface area contributed by atoms with Crippen LogP contribution in [0.1, 0.15) is 31.7 Å². The molecule has 27 heavy (non-hydrogen) atoms. The number of nitrogens with one attached hydrogen (secondary N) is 3. The smallest absolute Gasteiger partial charge is 0.325 e. The molecule has 0 unspecified atom stereocenters. The Bertz CT molecular complexity index is 688. The minimum absolute atomic E-state index is 0.0677. The number of likely N-dealkylation sites (N-methyl/N-ethyl adjacent to an activating group) is 1. The Morgan fingerprint density at radius 2 is 1.93 bits per heavy atom. The van der Waals surface area contributed by atoms with Crippen LogP contribution in [0.2, 0.25) is 0 Å². The van der Waals surface area contributed by atoms with Crippen LogP contribution >= 0.6 is 0 Å². The van der Waals surface area contributed by atoms with Crippen molar-refractivity contribution < 1.29 is 14.4 Å². The molecule has 0 spiro atoms. The Morgan fingerprint density at radius 3 is 2.59 bits per heavy atom. The van der Waals surface area contributed by atoms with Crippen LogP contribution in [0.25, 0.3) is 0 Å². The van der Waals surface area contributed by atoms with Gasteiger partial charge in [-0.15, -0.1) is 0 Å². The molecule has 2 fully saturated rings. The second kappa shape index (κ2) is 8.52. The minimum Gasteiger partial charge on any atom is -0.355 e. The van der Waals surface area contributed by atoms with E-state index in [-0.39, 0.29) is 24.3 Å². The van der Waals surface area contributed by atoms with Crippen molar-refractivity contribution in [2.75, 3.05) is 26.2 Å². The van der Waals surface area contributed by atoms with E-state index in [1.165, 1.54) is 0 Å². The summed E-state index contributed by atoms with van der Waals surface area (Å²) in [5.41, 5.74) is 0.205. The van der Waals surface area contributed by atoms with Crippen LogP contribution in [-0.2, 0) is 16.0 Å². The second-order valence-corrected chi connectivity index (χ2v) is 7.26. The van der Waals surface area contributed by atoms with E-state index in [2.05, 4.69) is 16.0 Å². The van der Waals surface area contributed by atoms with Gasteiger partial charge >= 0.3 is 6.03 Å². The first-order valence-electron chi connectivity index (χ1n) is 9.72. The lowest BCUT2D eigenvalue weighted by Gasteiger charge is -2.38. The third kappa shape index (κ3) is 4.13. The van der Waals surface area contributed by atoms with Gasteiger partial charge in [0.05, 0.1) is 0 Å². The fourth-order valence-electron chi connectivity index (χ4n) is 4.14. The first-order chi connectivity index (χ1) is 13.1. The molecule has 0 aromatic heterocycles. The Hall–Kier alpha value is -2.41. The molecule has 1 aromatic rings. The molecule has 2 heterocycles. The molecule has 7 nitrogen and oxygen atoms in total. The molecule has 2 aliphatic heterocycles. The van der Waals surface area contributed by atoms with Gasteiger partial charge in [0.1, 0.15) is 12.1 Å². The lowest BCUT2D eigenvalue weighted by molar-refractivity contribution is -0.137. The van der Waals surface area contributed by atoms with Crippen molar-refractivity contribution in [2.24, 2.45) is 5.92 Å². The molecule has 3 rings (SSSR count). The van der Waals surface area contributed by atoms with Crippen LogP contribution in [0.5, 0.6) is 0 Å². The van der Waals surface area contributed by atoms with Gasteiger partial charge in [-0.1, -0.05) is 30.3 Å². The molecule has 3 N–H and O–H groups in total. The summed E-state index contributed by atoms with van der Waals surface area (Å²) in [6.45, 7) is 3.71. The summed E-state index contributed by atoms with van der Waals surface area (Å²) in [7, 11) is 0. The lowest BCUT2D eigenvalue weighted by Crippen LogP contribution is -2.56. The summed E-state index contributed by atoms with van der Waals surface area (Å²) < 4.78 is 0. The van der Waals surface area contributed by atoms with Crippen LogP contribution in [0.4, 0.5) is 4.79 Å². The maximum Gasteiger partial charge on any atom is 0.325 e. The highest BCUT2D eigenvalue weighted by atomic mass is 16.2. The Balaban J connectivity index is 1.82. The maximum atomic E-state index is 13.3. The molecule has 146 valence electrons. The number of rotatable bonds is 7. The van der Waals surface area contributed by atoms with Gasteiger partial charge in [0.15, 0.2) is 0 Å². The number of hydrogen-bond donors (Lipinski definition) is 3. The zero-order valence-electron chi connectivity index (χ0n) is 15.8. The number of imide groups is 1. The summed E-state index contributed by atoms with van der Waals surface area (Å²) >= 11 is 0. The van der Waals surface area contributed by atoms with Gasteiger partial charge in [-0.25, -0.2) is 4.79 Å². The van der Waals surface area contributed by atoms with Crippen molar-refractivity contribution in [3.63, 3.8) is 0 Å². The standard InChI is InChI=1S/C20H28N4O3/c1-2-22-17(25)14-24-18(26)20(23-19(24)27,16-9-12-21-13-10-16)11-8-15-6-4-3-5-7-15/h3-7,16,21H,2,8-14H2,1H3,(H,22,25)(H,23,27)/t20-/m1/s1. The molecule has 2 aliphatic rings. The van der Waals surface area contributed by atoms with Gasteiger partial charge in [-0.05, 0) is 57.2 Å². The largest absolute Gasteiger partial charge is 0.355 e. The zero-order chi connectivity index (χ0) is 19.3.